The molecule has 1 amide bonds. The highest BCUT2D eigenvalue weighted by atomic mass is 16.5. The molecule has 0 unspecified atom stereocenters. The summed E-state index contributed by atoms with van der Waals surface area (Å²) in [6, 6.07) is -0.271. The fourth-order valence-electron chi connectivity index (χ4n) is 3.65. The fourth-order valence-corrected chi connectivity index (χ4v) is 3.65. The van der Waals surface area contributed by atoms with Gasteiger partial charge < -0.3 is 15.2 Å². The lowest BCUT2D eigenvalue weighted by molar-refractivity contribution is -0.145. The summed E-state index contributed by atoms with van der Waals surface area (Å²) in [4.78, 5) is 35.3. The van der Waals surface area contributed by atoms with E-state index in [0.717, 1.165) is 32.1 Å². The predicted octanol–water partition coefficient (Wildman–Crippen LogP) is 1.87. The van der Waals surface area contributed by atoms with Gasteiger partial charge in [-0.2, -0.15) is 0 Å². The van der Waals surface area contributed by atoms with E-state index in [0.29, 0.717) is 12.8 Å². The molecule has 6 heteroatoms. The molecule has 1 saturated carbocycles. The minimum atomic E-state index is -0.819. The van der Waals surface area contributed by atoms with E-state index in [-0.39, 0.29) is 30.9 Å². The van der Waals surface area contributed by atoms with Gasteiger partial charge >= 0.3 is 11.9 Å². The normalized spacial score (nSPS) is 24.8. The van der Waals surface area contributed by atoms with Crippen LogP contribution in [0.15, 0.2) is 0 Å². The molecule has 22 heavy (non-hydrogen) atoms. The second-order valence-electron chi connectivity index (χ2n) is 6.57. The van der Waals surface area contributed by atoms with Gasteiger partial charge in [-0.15, -0.1) is 0 Å². The quantitative estimate of drug-likeness (QED) is 0.700. The van der Waals surface area contributed by atoms with E-state index in [2.05, 4.69) is 5.32 Å². The smallest absolute Gasteiger partial charge is 0.308 e. The highest BCUT2D eigenvalue weighted by Gasteiger charge is 2.45. The Morgan fingerprint density at radius 2 is 2.09 bits per heavy atom. The van der Waals surface area contributed by atoms with E-state index < -0.39 is 17.3 Å². The summed E-state index contributed by atoms with van der Waals surface area (Å²) < 4.78 is 4.87. The number of nitrogens with one attached hydrogen (secondary N) is 1. The van der Waals surface area contributed by atoms with Crippen LogP contribution >= 0.6 is 0 Å². The summed E-state index contributed by atoms with van der Waals surface area (Å²) in [6.07, 6.45) is 5.34. The van der Waals surface area contributed by atoms with Crippen LogP contribution < -0.4 is 5.32 Å². The molecular formula is C16H25NO5. The summed E-state index contributed by atoms with van der Waals surface area (Å²) in [5, 5.41) is 12.3. The van der Waals surface area contributed by atoms with Crippen LogP contribution in [0, 0.1) is 11.3 Å². The van der Waals surface area contributed by atoms with Gasteiger partial charge in [-0.3, -0.25) is 14.4 Å². The van der Waals surface area contributed by atoms with Gasteiger partial charge in [0.1, 0.15) is 6.61 Å². The first kappa shape index (κ1) is 16.8. The van der Waals surface area contributed by atoms with E-state index in [1.807, 2.05) is 6.92 Å². The van der Waals surface area contributed by atoms with Crippen LogP contribution in [-0.2, 0) is 19.1 Å². The number of hydrogen-bond donors (Lipinski definition) is 2. The lowest BCUT2D eigenvalue weighted by Gasteiger charge is -2.31. The average molecular weight is 311 g/mol. The number of amides is 1. The standard InChI is InChI=1S/C16H25NO5/c1-2-5-11(14(19)20)9-16(6-3-4-7-16)15(21)17-12-8-13(18)22-10-12/h11-12H,2-10H2,1H3,(H,17,21)(H,19,20)/t11-,12-/m1/s1. The van der Waals surface area contributed by atoms with Gasteiger partial charge in [-0.05, 0) is 25.7 Å². The Hall–Kier alpha value is -1.59. The SMILES string of the molecule is CCC[C@H](CC1(C(=O)N[C@H]2COC(=O)C2)CCCC1)C(=O)O. The van der Waals surface area contributed by atoms with Gasteiger partial charge in [-0.25, -0.2) is 0 Å². The van der Waals surface area contributed by atoms with Gasteiger partial charge in [0.2, 0.25) is 5.91 Å². The number of cyclic esters (lactones) is 1. The summed E-state index contributed by atoms with van der Waals surface area (Å²) >= 11 is 0. The van der Waals surface area contributed by atoms with Crippen LogP contribution in [0.5, 0.6) is 0 Å². The number of esters is 1. The highest BCUT2D eigenvalue weighted by molar-refractivity contribution is 5.85. The highest BCUT2D eigenvalue weighted by Crippen LogP contribution is 2.44. The molecule has 124 valence electrons. The van der Waals surface area contributed by atoms with E-state index in [9.17, 15) is 19.5 Å². The minimum Gasteiger partial charge on any atom is -0.481 e. The second-order valence-corrected chi connectivity index (χ2v) is 6.57. The molecule has 0 spiro atoms. The van der Waals surface area contributed by atoms with E-state index in [4.69, 9.17) is 4.74 Å². The number of carboxylic acids is 1. The van der Waals surface area contributed by atoms with Crippen LogP contribution in [0.2, 0.25) is 0 Å². The summed E-state index contributed by atoms with van der Waals surface area (Å²) in [5.74, 6) is -1.69. The Balaban J connectivity index is 2.04. The van der Waals surface area contributed by atoms with Gasteiger partial charge in [0, 0.05) is 0 Å². The molecule has 1 aliphatic carbocycles. The third kappa shape index (κ3) is 3.78. The largest absolute Gasteiger partial charge is 0.481 e. The van der Waals surface area contributed by atoms with Crippen LogP contribution in [-0.4, -0.2) is 35.6 Å². The zero-order chi connectivity index (χ0) is 16.2. The van der Waals surface area contributed by atoms with Crippen LogP contribution in [0.3, 0.4) is 0 Å². The average Bonchev–Trinajstić information content (AvgIpc) is 3.08. The molecule has 1 aliphatic heterocycles. The number of carbonyl (C=O) groups excluding carboxylic acids is 2. The van der Waals surface area contributed by atoms with Crippen molar-refractivity contribution >= 4 is 17.8 Å². The third-order valence-electron chi connectivity index (χ3n) is 4.86. The molecule has 2 N–H and O–H groups in total. The van der Waals surface area contributed by atoms with Crippen molar-refractivity contribution in [2.75, 3.05) is 6.61 Å². The molecule has 2 rings (SSSR count). The molecule has 2 aliphatic rings. The van der Waals surface area contributed by atoms with Crippen molar-refractivity contribution in [2.45, 2.75) is 64.3 Å². The van der Waals surface area contributed by atoms with Gasteiger partial charge in [-0.1, -0.05) is 26.2 Å². The van der Waals surface area contributed by atoms with Gasteiger partial charge in [0.25, 0.3) is 0 Å². The minimum absolute atomic E-state index is 0.101. The maximum Gasteiger partial charge on any atom is 0.308 e. The Morgan fingerprint density at radius 1 is 1.41 bits per heavy atom. The zero-order valence-electron chi connectivity index (χ0n) is 13.1. The Kier molecular flexibility index (Phi) is 5.42. The van der Waals surface area contributed by atoms with Gasteiger partial charge in [0.15, 0.2) is 0 Å². The number of carboxylic acid groups (broad SMARTS) is 1. The first-order chi connectivity index (χ1) is 10.5. The lowest BCUT2D eigenvalue weighted by atomic mass is 9.75. The molecule has 0 aromatic carbocycles. The van der Waals surface area contributed by atoms with Crippen LogP contribution in [0.1, 0.15) is 58.3 Å². The second kappa shape index (κ2) is 7.11. The topological polar surface area (TPSA) is 92.7 Å². The van der Waals surface area contributed by atoms with E-state index >= 15 is 0 Å². The molecule has 2 fully saturated rings. The number of carbonyl (C=O) groups is 3. The summed E-state index contributed by atoms with van der Waals surface area (Å²) in [5.41, 5.74) is -0.593. The Morgan fingerprint density at radius 3 is 2.59 bits per heavy atom. The first-order valence-electron chi connectivity index (χ1n) is 8.16. The van der Waals surface area contributed by atoms with Crippen molar-refractivity contribution in [2.24, 2.45) is 11.3 Å². The lowest BCUT2D eigenvalue weighted by Crippen LogP contribution is -2.46. The number of rotatable bonds is 7. The molecule has 1 saturated heterocycles. The van der Waals surface area contributed by atoms with Crippen LogP contribution in [0.25, 0.3) is 0 Å². The molecular weight excluding hydrogens is 286 g/mol. The number of hydrogen-bond acceptors (Lipinski definition) is 4. The molecule has 0 aromatic heterocycles. The molecule has 2 atom stereocenters. The number of ether oxygens (including phenoxy) is 1. The fraction of sp³-hybridized carbons (Fsp3) is 0.812. The van der Waals surface area contributed by atoms with Crippen LogP contribution in [0.4, 0.5) is 0 Å². The first-order valence-corrected chi connectivity index (χ1v) is 8.16. The third-order valence-corrected chi connectivity index (χ3v) is 4.86. The summed E-state index contributed by atoms with van der Waals surface area (Å²) in [7, 11) is 0. The van der Waals surface area contributed by atoms with Gasteiger partial charge in [0.05, 0.1) is 23.8 Å². The van der Waals surface area contributed by atoms with E-state index in [1.165, 1.54) is 0 Å². The summed E-state index contributed by atoms with van der Waals surface area (Å²) in [6.45, 7) is 2.18. The molecule has 0 radical (unpaired) electrons. The Bertz CT molecular complexity index is 442. The molecule has 0 bridgehead atoms. The van der Waals surface area contributed by atoms with Crippen molar-refractivity contribution in [3.05, 3.63) is 0 Å². The predicted molar refractivity (Wildman–Crippen MR) is 79.1 cm³/mol. The zero-order valence-corrected chi connectivity index (χ0v) is 13.1. The monoisotopic (exact) mass is 311 g/mol. The van der Waals surface area contributed by atoms with Crippen molar-refractivity contribution in [1.82, 2.24) is 5.32 Å². The number of aliphatic carboxylic acids is 1. The maximum absolute atomic E-state index is 12.7. The molecule has 6 nitrogen and oxygen atoms in total. The van der Waals surface area contributed by atoms with Crippen molar-refractivity contribution in [3.8, 4) is 0 Å². The maximum atomic E-state index is 12.7. The van der Waals surface area contributed by atoms with Crippen molar-refractivity contribution in [1.29, 1.82) is 0 Å². The van der Waals surface area contributed by atoms with Crippen molar-refractivity contribution < 1.29 is 24.2 Å². The molecule has 0 aromatic rings. The van der Waals surface area contributed by atoms with E-state index in [1.54, 1.807) is 0 Å². The molecule has 1 heterocycles. The van der Waals surface area contributed by atoms with Crippen molar-refractivity contribution in [3.63, 3.8) is 0 Å². The Labute approximate surface area is 130 Å².